The molecule has 0 aliphatic heterocycles. The number of rotatable bonds is 4. The average Bonchev–Trinajstić information content (AvgIpc) is 2.48. The monoisotopic (exact) mass is 280 g/mol. The van der Waals surface area contributed by atoms with Crippen molar-refractivity contribution in [1.82, 2.24) is 0 Å². The van der Waals surface area contributed by atoms with Gasteiger partial charge in [0.1, 0.15) is 5.75 Å². The summed E-state index contributed by atoms with van der Waals surface area (Å²) >= 11 is 0. The summed E-state index contributed by atoms with van der Waals surface area (Å²) in [5.74, 6) is -0.692. The minimum atomic E-state index is -0.946. The fourth-order valence-electron chi connectivity index (χ4n) is 1.92. The molecular weight excluding hydrogens is 264 g/mol. The normalized spacial score (nSPS) is 10.7. The van der Waals surface area contributed by atoms with Crippen LogP contribution in [-0.2, 0) is 0 Å². The minimum absolute atomic E-state index is 0.253. The summed E-state index contributed by atoms with van der Waals surface area (Å²) in [6, 6.07) is 12.0. The maximum absolute atomic E-state index is 10.9. The number of hydrogen-bond donors (Lipinski definition) is 2. The molecule has 0 aromatic heterocycles. The van der Waals surface area contributed by atoms with Gasteiger partial charge in [-0.1, -0.05) is 36.9 Å². The Morgan fingerprint density at radius 1 is 1.14 bits per heavy atom. The molecule has 0 amide bonds. The molecule has 0 atom stereocenters. The Balaban J connectivity index is 2.20. The van der Waals surface area contributed by atoms with Crippen LogP contribution in [0.25, 0.3) is 11.6 Å². The largest absolute Gasteiger partial charge is 0.508 e. The molecule has 3 nitrogen and oxygen atoms in total. The number of carboxylic acids is 1. The third-order valence-electron chi connectivity index (χ3n) is 3.18. The number of aryl methyl sites for hydroxylation is 1. The second-order valence-corrected chi connectivity index (χ2v) is 4.79. The highest BCUT2D eigenvalue weighted by molar-refractivity contribution is 5.88. The molecule has 2 aromatic rings. The van der Waals surface area contributed by atoms with Gasteiger partial charge in [0.2, 0.25) is 0 Å². The Morgan fingerprint density at radius 2 is 1.90 bits per heavy atom. The quantitative estimate of drug-likeness (QED) is 0.828. The number of benzene rings is 2. The molecule has 0 heterocycles. The van der Waals surface area contributed by atoms with Crippen LogP contribution >= 0.6 is 0 Å². The zero-order chi connectivity index (χ0) is 15.4. The Morgan fingerprint density at radius 3 is 2.57 bits per heavy atom. The van der Waals surface area contributed by atoms with Crippen molar-refractivity contribution in [3.63, 3.8) is 0 Å². The van der Waals surface area contributed by atoms with Gasteiger partial charge in [-0.05, 0) is 53.5 Å². The van der Waals surface area contributed by atoms with Crippen molar-refractivity contribution in [1.29, 1.82) is 0 Å². The van der Waals surface area contributed by atoms with Gasteiger partial charge in [0.05, 0.1) is 5.56 Å². The number of allylic oxidation sites excluding steroid dienone is 2. The highest BCUT2D eigenvalue weighted by Crippen LogP contribution is 2.22. The first-order valence-electron chi connectivity index (χ1n) is 6.47. The maximum atomic E-state index is 10.9. The number of phenols is 1. The number of hydrogen-bond acceptors (Lipinski definition) is 2. The smallest absolute Gasteiger partial charge is 0.335 e. The minimum Gasteiger partial charge on any atom is -0.508 e. The van der Waals surface area contributed by atoms with E-state index in [4.69, 9.17) is 5.11 Å². The molecule has 0 fully saturated rings. The summed E-state index contributed by atoms with van der Waals surface area (Å²) < 4.78 is 0. The van der Waals surface area contributed by atoms with Crippen molar-refractivity contribution in [3.8, 4) is 5.75 Å². The van der Waals surface area contributed by atoms with Gasteiger partial charge >= 0.3 is 5.97 Å². The zero-order valence-electron chi connectivity index (χ0n) is 11.7. The molecule has 0 aliphatic carbocycles. The highest BCUT2D eigenvalue weighted by atomic mass is 16.4. The van der Waals surface area contributed by atoms with Crippen LogP contribution in [0.15, 0.2) is 55.1 Å². The Kier molecular flexibility index (Phi) is 4.24. The molecular formula is C18H16O3. The molecule has 0 radical (unpaired) electrons. The molecule has 0 saturated carbocycles. The Bertz CT molecular complexity index is 727. The summed E-state index contributed by atoms with van der Waals surface area (Å²) in [7, 11) is 0. The Hall–Kier alpha value is -2.81. The molecule has 0 spiro atoms. The predicted molar refractivity (Wildman–Crippen MR) is 84.3 cm³/mol. The lowest BCUT2D eigenvalue weighted by Crippen LogP contribution is -1.95. The summed E-state index contributed by atoms with van der Waals surface area (Å²) in [5.41, 5.74) is 3.54. The van der Waals surface area contributed by atoms with Gasteiger partial charge in [-0.2, -0.15) is 0 Å². The second-order valence-electron chi connectivity index (χ2n) is 4.79. The van der Waals surface area contributed by atoms with E-state index in [0.29, 0.717) is 0 Å². The van der Waals surface area contributed by atoms with E-state index in [-0.39, 0.29) is 11.3 Å². The van der Waals surface area contributed by atoms with Gasteiger partial charge in [0.15, 0.2) is 0 Å². The number of aromatic carboxylic acids is 1. The van der Waals surface area contributed by atoms with Crippen LogP contribution in [-0.4, -0.2) is 16.2 Å². The molecule has 2 N–H and O–H groups in total. The number of phenolic OH excluding ortho intramolecular Hbond substituents is 1. The topological polar surface area (TPSA) is 57.5 Å². The summed E-state index contributed by atoms with van der Waals surface area (Å²) in [6.45, 7) is 5.81. The van der Waals surface area contributed by atoms with Gasteiger partial charge in [-0.15, -0.1) is 0 Å². The van der Waals surface area contributed by atoms with Gasteiger partial charge in [0, 0.05) is 0 Å². The third kappa shape index (κ3) is 3.60. The van der Waals surface area contributed by atoms with E-state index < -0.39 is 5.97 Å². The van der Waals surface area contributed by atoms with E-state index in [0.717, 1.165) is 22.3 Å². The first-order chi connectivity index (χ1) is 9.97. The molecule has 2 aromatic carbocycles. The van der Waals surface area contributed by atoms with Crippen molar-refractivity contribution in [3.05, 3.63) is 77.4 Å². The van der Waals surface area contributed by atoms with E-state index in [1.165, 1.54) is 0 Å². The van der Waals surface area contributed by atoms with E-state index in [1.807, 2.05) is 31.2 Å². The van der Waals surface area contributed by atoms with E-state index in [9.17, 15) is 9.90 Å². The molecule has 0 aliphatic rings. The van der Waals surface area contributed by atoms with Crippen molar-refractivity contribution in [2.75, 3.05) is 0 Å². The van der Waals surface area contributed by atoms with Gasteiger partial charge < -0.3 is 10.2 Å². The van der Waals surface area contributed by atoms with E-state index >= 15 is 0 Å². The first-order valence-corrected chi connectivity index (χ1v) is 6.47. The standard InChI is InChI=1S/C18H16O3/c1-12(15-8-9-17(19)13(2)10-15)6-7-14-4-3-5-16(11-14)18(20)21/h3-11,19H,1H2,2H3,(H,20,21)/b7-6+. The van der Waals surface area contributed by atoms with Crippen LogP contribution < -0.4 is 0 Å². The molecule has 0 unspecified atom stereocenters. The van der Waals surface area contributed by atoms with Crippen molar-refractivity contribution < 1.29 is 15.0 Å². The average molecular weight is 280 g/mol. The molecule has 2 rings (SSSR count). The van der Waals surface area contributed by atoms with Crippen LogP contribution in [0.5, 0.6) is 5.75 Å². The summed E-state index contributed by atoms with van der Waals surface area (Å²) in [4.78, 5) is 10.9. The molecule has 21 heavy (non-hydrogen) atoms. The number of aromatic hydroxyl groups is 1. The highest BCUT2D eigenvalue weighted by Gasteiger charge is 2.02. The van der Waals surface area contributed by atoms with Gasteiger partial charge in [-0.3, -0.25) is 0 Å². The fourth-order valence-corrected chi connectivity index (χ4v) is 1.92. The van der Waals surface area contributed by atoms with Gasteiger partial charge in [-0.25, -0.2) is 4.79 Å². The molecule has 0 bridgehead atoms. The Labute approximate surface area is 123 Å². The van der Waals surface area contributed by atoms with E-state index in [2.05, 4.69) is 6.58 Å². The fraction of sp³-hybridized carbons (Fsp3) is 0.0556. The summed E-state index contributed by atoms with van der Waals surface area (Å²) in [6.07, 6.45) is 3.64. The van der Waals surface area contributed by atoms with Crippen molar-refractivity contribution in [2.24, 2.45) is 0 Å². The maximum Gasteiger partial charge on any atom is 0.335 e. The lowest BCUT2D eigenvalue weighted by atomic mass is 10.0. The van der Waals surface area contributed by atoms with Crippen LogP contribution in [0.1, 0.15) is 27.0 Å². The lowest BCUT2D eigenvalue weighted by Gasteiger charge is -2.04. The number of carboxylic acid groups (broad SMARTS) is 1. The third-order valence-corrected chi connectivity index (χ3v) is 3.18. The van der Waals surface area contributed by atoms with E-state index in [1.54, 1.807) is 30.3 Å². The zero-order valence-corrected chi connectivity index (χ0v) is 11.7. The van der Waals surface area contributed by atoms with Crippen LogP contribution in [0, 0.1) is 6.92 Å². The van der Waals surface area contributed by atoms with Crippen molar-refractivity contribution in [2.45, 2.75) is 6.92 Å². The molecule has 106 valence electrons. The van der Waals surface area contributed by atoms with Crippen LogP contribution in [0.3, 0.4) is 0 Å². The SMILES string of the molecule is C=C(/C=C/c1cccc(C(=O)O)c1)c1ccc(O)c(C)c1. The lowest BCUT2D eigenvalue weighted by molar-refractivity contribution is 0.0697. The molecule has 0 saturated heterocycles. The van der Waals surface area contributed by atoms with Crippen molar-refractivity contribution >= 4 is 17.6 Å². The number of carbonyl (C=O) groups is 1. The van der Waals surface area contributed by atoms with Crippen LogP contribution in [0.4, 0.5) is 0 Å². The predicted octanol–water partition coefficient (Wildman–Crippen LogP) is 4.13. The van der Waals surface area contributed by atoms with Crippen LogP contribution in [0.2, 0.25) is 0 Å². The van der Waals surface area contributed by atoms with Gasteiger partial charge in [0.25, 0.3) is 0 Å². The first kappa shape index (κ1) is 14.6. The summed E-state index contributed by atoms with van der Waals surface area (Å²) in [5, 5.41) is 18.5. The second kappa shape index (κ2) is 6.09. The molecule has 3 heteroatoms.